The molecule has 0 spiro atoms. The van der Waals surface area contributed by atoms with Crippen molar-refractivity contribution in [2.75, 3.05) is 7.05 Å². The SMILES string of the molecule is CN=C(NCc1cccc(-c2ncn[nH]2)c1)NC1CC=CC1. The zero-order chi connectivity index (χ0) is 15.2. The van der Waals surface area contributed by atoms with Crippen LogP contribution in [0.5, 0.6) is 0 Å². The molecular formula is C16H20N6. The number of hydrogen-bond donors (Lipinski definition) is 3. The van der Waals surface area contributed by atoms with Gasteiger partial charge in [-0.2, -0.15) is 5.10 Å². The van der Waals surface area contributed by atoms with Gasteiger partial charge in [-0.25, -0.2) is 4.98 Å². The largest absolute Gasteiger partial charge is 0.353 e. The Morgan fingerprint density at radius 1 is 1.36 bits per heavy atom. The summed E-state index contributed by atoms with van der Waals surface area (Å²) in [7, 11) is 1.79. The van der Waals surface area contributed by atoms with Crippen LogP contribution in [0.1, 0.15) is 18.4 Å². The van der Waals surface area contributed by atoms with Crippen molar-refractivity contribution in [3.8, 4) is 11.4 Å². The molecule has 1 heterocycles. The summed E-state index contributed by atoms with van der Waals surface area (Å²) in [4.78, 5) is 8.45. The number of hydrogen-bond acceptors (Lipinski definition) is 3. The van der Waals surface area contributed by atoms with E-state index in [1.54, 1.807) is 7.05 Å². The summed E-state index contributed by atoms with van der Waals surface area (Å²) in [6, 6.07) is 8.66. The van der Waals surface area contributed by atoms with E-state index < -0.39 is 0 Å². The maximum absolute atomic E-state index is 4.28. The third-order valence-electron chi connectivity index (χ3n) is 3.65. The van der Waals surface area contributed by atoms with E-state index in [4.69, 9.17) is 0 Å². The fraction of sp³-hybridized carbons (Fsp3) is 0.312. The first-order chi connectivity index (χ1) is 10.8. The van der Waals surface area contributed by atoms with Crippen LogP contribution in [0.2, 0.25) is 0 Å². The Morgan fingerprint density at radius 2 is 2.23 bits per heavy atom. The Morgan fingerprint density at radius 3 is 2.95 bits per heavy atom. The topological polar surface area (TPSA) is 78.0 Å². The highest BCUT2D eigenvalue weighted by Gasteiger charge is 2.11. The van der Waals surface area contributed by atoms with E-state index in [0.717, 1.165) is 30.2 Å². The summed E-state index contributed by atoms with van der Waals surface area (Å²) in [6.45, 7) is 0.710. The first-order valence-corrected chi connectivity index (χ1v) is 7.42. The Labute approximate surface area is 129 Å². The van der Waals surface area contributed by atoms with E-state index in [9.17, 15) is 0 Å². The van der Waals surface area contributed by atoms with Gasteiger partial charge in [-0.3, -0.25) is 10.1 Å². The van der Waals surface area contributed by atoms with Crippen molar-refractivity contribution >= 4 is 5.96 Å². The van der Waals surface area contributed by atoms with Gasteiger partial charge in [-0.1, -0.05) is 30.4 Å². The monoisotopic (exact) mass is 296 g/mol. The fourth-order valence-corrected chi connectivity index (χ4v) is 2.48. The van der Waals surface area contributed by atoms with Crippen molar-refractivity contribution in [1.82, 2.24) is 25.8 Å². The Hall–Kier alpha value is -2.63. The average molecular weight is 296 g/mol. The molecule has 3 N–H and O–H groups in total. The number of aliphatic imine (C=N–C) groups is 1. The van der Waals surface area contributed by atoms with Crippen LogP contribution in [-0.4, -0.2) is 34.2 Å². The molecule has 0 atom stereocenters. The molecule has 2 aromatic rings. The van der Waals surface area contributed by atoms with Gasteiger partial charge in [0, 0.05) is 25.2 Å². The molecule has 114 valence electrons. The van der Waals surface area contributed by atoms with E-state index in [1.165, 1.54) is 11.9 Å². The molecule has 3 rings (SSSR count). The Balaban J connectivity index is 1.59. The molecule has 1 aliphatic rings. The molecule has 0 amide bonds. The molecule has 22 heavy (non-hydrogen) atoms. The number of benzene rings is 1. The lowest BCUT2D eigenvalue weighted by Crippen LogP contribution is -2.42. The lowest BCUT2D eigenvalue weighted by molar-refractivity contribution is 0.633. The van der Waals surface area contributed by atoms with Gasteiger partial charge in [0.05, 0.1) is 0 Å². The highest BCUT2D eigenvalue weighted by Crippen LogP contribution is 2.15. The molecule has 1 aliphatic carbocycles. The summed E-state index contributed by atoms with van der Waals surface area (Å²) in [5.74, 6) is 1.61. The summed E-state index contributed by atoms with van der Waals surface area (Å²) >= 11 is 0. The van der Waals surface area contributed by atoms with Gasteiger partial charge >= 0.3 is 0 Å². The lowest BCUT2D eigenvalue weighted by Gasteiger charge is -2.17. The molecule has 1 aromatic heterocycles. The first kappa shape index (κ1) is 14.3. The smallest absolute Gasteiger partial charge is 0.191 e. The molecule has 0 fully saturated rings. The molecule has 1 aromatic carbocycles. The first-order valence-electron chi connectivity index (χ1n) is 7.42. The molecular weight excluding hydrogens is 276 g/mol. The van der Waals surface area contributed by atoms with Gasteiger partial charge in [0.1, 0.15) is 6.33 Å². The molecule has 0 saturated carbocycles. The van der Waals surface area contributed by atoms with Crippen molar-refractivity contribution in [2.24, 2.45) is 4.99 Å². The van der Waals surface area contributed by atoms with Gasteiger partial charge in [-0.05, 0) is 24.5 Å². The van der Waals surface area contributed by atoms with Crippen LogP contribution in [0.4, 0.5) is 0 Å². The lowest BCUT2D eigenvalue weighted by atomic mass is 10.1. The van der Waals surface area contributed by atoms with E-state index in [2.05, 4.69) is 55.1 Å². The van der Waals surface area contributed by atoms with E-state index in [-0.39, 0.29) is 0 Å². The zero-order valence-electron chi connectivity index (χ0n) is 12.6. The quantitative estimate of drug-likeness (QED) is 0.457. The van der Waals surface area contributed by atoms with Crippen molar-refractivity contribution in [1.29, 1.82) is 0 Å². The maximum Gasteiger partial charge on any atom is 0.191 e. The number of guanidine groups is 1. The van der Waals surface area contributed by atoms with Crippen LogP contribution in [0.25, 0.3) is 11.4 Å². The summed E-state index contributed by atoms with van der Waals surface area (Å²) in [5.41, 5.74) is 2.20. The second kappa shape index (κ2) is 6.89. The minimum atomic E-state index is 0.451. The summed E-state index contributed by atoms with van der Waals surface area (Å²) in [6.07, 6.45) is 8.03. The summed E-state index contributed by atoms with van der Waals surface area (Å²) < 4.78 is 0. The Kier molecular flexibility index (Phi) is 4.48. The standard InChI is InChI=1S/C16H20N6/c1-17-16(21-14-7-2-3-8-14)18-10-12-5-4-6-13(9-12)15-19-11-20-22-15/h2-6,9,11,14H,7-8,10H2,1H3,(H2,17,18,21)(H,19,20,22). The minimum absolute atomic E-state index is 0.451. The molecule has 0 aliphatic heterocycles. The number of aromatic nitrogens is 3. The van der Waals surface area contributed by atoms with Crippen molar-refractivity contribution in [2.45, 2.75) is 25.4 Å². The highest BCUT2D eigenvalue weighted by molar-refractivity contribution is 5.80. The van der Waals surface area contributed by atoms with Crippen molar-refractivity contribution in [3.05, 3.63) is 48.3 Å². The second-order valence-corrected chi connectivity index (χ2v) is 5.24. The van der Waals surface area contributed by atoms with Crippen LogP contribution in [0, 0.1) is 0 Å². The minimum Gasteiger partial charge on any atom is -0.353 e. The third-order valence-corrected chi connectivity index (χ3v) is 3.65. The number of nitrogens with one attached hydrogen (secondary N) is 3. The molecule has 0 bridgehead atoms. The van der Waals surface area contributed by atoms with Gasteiger partial charge in [0.25, 0.3) is 0 Å². The molecule has 6 heteroatoms. The predicted octanol–water partition coefficient (Wildman–Crippen LogP) is 1.86. The Bertz CT molecular complexity index is 651. The molecule has 0 saturated heterocycles. The number of nitrogens with zero attached hydrogens (tertiary/aromatic N) is 3. The number of H-pyrrole nitrogens is 1. The van der Waals surface area contributed by atoms with Crippen LogP contribution in [-0.2, 0) is 6.54 Å². The maximum atomic E-state index is 4.28. The third kappa shape index (κ3) is 3.52. The van der Waals surface area contributed by atoms with Crippen LogP contribution in [0.3, 0.4) is 0 Å². The predicted molar refractivity (Wildman–Crippen MR) is 87.3 cm³/mol. The van der Waals surface area contributed by atoms with Gasteiger partial charge in [-0.15, -0.1) is 0 Å². The van der Waals surface area contributed by atoms with Gasteiger partial charge in [0.15, 0.2) is 11.8 Å². The zero-order valence-corrected chi connectivity index (χ0v) is 12.6. The normalized spacial score (nSPS) is 15.2. The molecule has 0 unspecified atom stereocenters. The van der Waals surface area contributed by atoms with E-state index in [1.807, 2.05) is 12.1 Å². The highest BCUT2D eigenvalue weighted by atomic mass is 15.2. The van der Waals surface area contributed by atoms with Gasteiger partial charge in [0.2, 0.25) is 0 Å². The second-order valence-electron chi connectivity index (χ2n) is 5.24. The van der Waals surface area contributed by atoms with E-state index in [0.29, 0.717) is 12.6 Å². The van der Waals surface area contributed by atoms with Crippen LogP contribution in [0.15, 0.2) is 47.7 Å². The van der Waals surface area contributed by atoms with Crippen LogP contribution >= 0.6 is 0 Å². The average Bonchev–Trinajstić information content (AvgIpc) is 3.25. The number of rotatable bonds is 4. The molecule has 6 nitrogen and oxygen atoms in total. The summed E-state index contributed by atoms with van der Waals surface area (Å²) in [5, 5.41) is 13.5. The molecule has 0 radical (unpaired) electrons. The fourth-order valence-electron chi connectivity index (χ4n) is 2.48. The van der Waals surface area contributed by atoms with Gasteiger partial charge < -0.3 is 10.6 Å². The van der Waals surface area contributed by atoms with Crippen molar-refractivity contribution in [3.63, 3.8) is 0 Å². The van der Waals surface area contributed by atoms with Crippen molar-refractivity contribution < 1.29 is 0 Å². The van der Waals surface area contributed by atoms with Crippen LogP contribution < -0.4 is 10.6 Å². The number of aromatic amines is 1. The van der Waals surface area contributed by atoms with E-state index >= 15 is 0 Å².